The van der Waals surface area contributed by atoms with Gasteiger partial charge >= 0.3 is 6.18 Å². The van der Waals surface area contributed by atoms with Crippen LogP contribution in [-0.2, 0) is 5.60 Å². The molecular weight excluding hydrogens is 431 g/mol. The van der Waals surface area contributed by atoms with Crippen LogP contribution < -0.4 is 4.74 Å². The Kier molecular flexibility index (Phi) is 5.37. The zero-order chi connectivity index (χ0) is 23.1. The molecule has 4 aromatic rings. The van der Waals surface area contributed by atoms with Gasteiger partial charge in [0.15, 0.2) is 11.6 Å². The summed E-state index contributed by atoms with van der Waals surface area (Å²) in [5.74, 6) is -1.66. The molecule has 0 spiro atoms. The molecule has 0 aliphatic rings. The number of aromatic nitrogens is 2. The molecule has 0 saturated carbocycles. The van der Waals surface area contributed by atoms with E-state index in [1.807, 2.05) is 0 Å². The van der Waals surface area contributed by atoms with Crippen molar-refractivity contribution < 1.29 is 31.8 Å². The predicted molar refractivity (Wildman–Crippen MR) is 108 cm³/mol. The molecule has 0 radical (unpaired) electrons. The normalized spacial score (nSPS) is 13.8. The van der Waals surface area contributed by atoms with E-state index in [0.29, 0.717) is 22.2 Å². The fourth-order valence-electron chi connectivity index (χ4n) is 3.31. The molecule has 0 fully saturated rings. The van der Waals surface area contributed by atoms with Crippen LogP contribution in [0.1, 0.15) is 11.1 Å². The monoisotopic (exact) mass is 448 g/mol. The first-order valence-corrected chi connectivity index (χ1v) is 9.51. The molecule has 1 N–H and O–H groups in total. The van der Waals surface area contributed by atoms with Crippen LogP contribution in [0.2, 0.25) is 0 Å². The third kappa shape index (κ3) is 3.91. The average molecular weight is 448 g/mol. The Hall–Kier alpha value is -3.46. The largest absolute Gasteiger partial charge is 0.487 e. The lowest BCUT2D eigenvalue weighted by atomic mass is 9.93. The van der Waals surface area contributed by atoms with Gasteiger partial charge in [-0.2, -0.15) is 18.3 Å². The molecule has 32 heavy (non-hydrogen) atoms. The van der Waals surface area contributed by atoms with Gasteiger partial charge in [0.2, 0.25) is 5.60 Å². The Balaban J connectivity index is 1.71. The smallest absolute Gasteiger partial charge is 0.424 e. The highest BCUT2D eigenvalue weighted by molar-refractivity contribution is 5.81. The van der Waals surface area contributed by atoms with Gasteiger partial charge in [0.05, 0.1) is 17.4 Å². The number of benzene rings is 3. The molecule has 4 nitrogen and oxygen atoms in total. The van der Waals surface area contributed by atoms with E-state index in [9.17, 15) is 27.1 Å². The van der Waals surface area contributed by atoms with Crippen LogP contribution in [0.15, 0.2) is 66.9 Å². The van der Waals surface area contributed by atoms with Gasteiger partial charge in [0, 0.05) is 5.39 Å². The Morgan fingerprint density at radius 3 is 2.38 bits per heavy atom. The van der Waals surface area contributed by atoms with E-state index in [2.05, 4.69) is 5.10 Å². The maximum absolute atomic E-state index is 13.9. The number of halogens is 5. The van der Waals surface area contributed by atoms with Crippen LogP contribution in [0, 0.1) is 18.6 Å². The van der Waals surface area contributed by atoms with Gasteiger partial charge in [-0.25, -0.2) is 13.5 Å². The van der Waals surface area contributed by atoms with Crippen molar-refractivity contribution in [3.63, 3.8) is 0 Å². The van der Waals surface area contributed by atoms with E-state index in [1.54, 1.807) is 6.92 Å². The van der Waals surface area contributed by atoms with Crippen molar-refractivity contribution in [2.45, 2.75) is 18.7 Å². The quantitative estimate of drug-likeness (QED) is 0.414. The van der Waals surface area contributed by atoms with Gasteiger partial charge in [-0.3, -0.25) is 0 Å². The Morgan fingerprint density at radius 2 is 1.69 bits per heavy atom. The molecule has 0 aliphatic heterocycles. The summed E-state index contributed by atoms with van der Waals surface area (Å²) in [6.45, 7) is 0.392. The third-order valence-corrected chi connectivity index (χ3v) is 5.11. The molecule has 0 aliphatic carbocycles. The second-order valence-corrected chi connectivity index (χ2v) is 7.39. The highest BCUT2D eigenvalue weighted by Crippen LogP contribution is 2.40. The van der Waals surface area contributed by atoms with Gasteiger partial charge < -0.3 is 9.84 Å². The zero-order valence-electron chi connectivity index (χ0n) is 16.7. The topological polar surface area (TPSA) is 47.3 Å². The Bertz CT molecular complexity index is 1270. The Labute approximate surface area is 179 Å². The van der Waals surface area contributed by atoms with Crippen LogP contribution in [0.5, 0.6) is 5.75 Å². The highest BCUT2D eigenvalue weighted by Gasteiger charge is 2.56. The molecule has 1 aromatic heterocycles. The fraction of sp³-hybridized carbons (Fsp3) is 0.174. The zero-order valence-corrected chi connectivity index (χ0v) is 16.7. The first-order chi connectivity index (χ1) is 15.1. The molecule has 9 heteroatoms. The second-order valence-electron chi connectivity index (χ2n) is 7.39. The molecule has 3 aromatic carbocycles. The summed E-state index contributed by atoms with van der Waals surface area (Å²) in [6, 6.07) is 12.8. The molecular formula is C23H17F5N2O2. The van der Waals surface area contributed by atoms with Gasteiger partial charge in [-0.15, -0.1) is 0 Å². The predicted octanol–water partition coefficient (Wildman–Crippen LogP) is 5.44. The van der Waals surface area contributed by atoms with Crippen LogP contribution in [0.4, 0.5) is 22.0 Å². The van der Waals surface area contributed by atoms with E-state index in [-0.39, 0.29) is 0 Å². The van der Waals surface area contributed by atoms with Crippen molar-refractivity contribution in [1.29, 1.82) is 0 Å². The van der Waals surface area contributed by atoms with Crippen molar-refractivity contribution in [1.82, 2.24) is 9.78 Å². The maximum atomic E-state index is 13.9. The first-order valence-electron chi connectivity index (χ1n) is 9.51. The van der Waals surface area contributed by atoms with Gasteiger partial charge in [-0.05, 0) is 66.6 Å². The standard InChI is InChI=1S/C23H17F5N2O2/c1-14-2-8-19(25)21(10-14)32-13-22(31,23(26,27)28)16-3-9-20-15(11-16)12-29-30(20)18-6-4-17(24)5-7-18/h2-12,31H,13H2,1H3. The summed E-state index contributed by atoms with van der Waals surface area (Å²) >= 11 is 0. The number of alkyl halides is 3. The van der Waals surface area contributed by atoms with Crippen LogP contribution in [0.25, 0.3) is 16.6 Å². The number of nitrogens with zero attached hydrogens (tertiary/aromatic N) is 2. The van der Waals surface area contributed by atoms with E-state index < -0.39 is 41.3 Å². The fourth-order valence-corrected chi connectivity index (χ4v) is 3.31. The minimum Gasteiger partial charge on any atom is -0.487 e. The maximum Gasteiger partial charge on any atom is 0.424 e. The van der Waals surface area contributed by atoms with Gasteiger partial charge in [0.1, 0.15) is 12.4 Å². The molecule has 0 saturated heterocycles. The van der Waals surface area contributed by atoms with Crippen LogP contribution in [-0.4, -0.2) is 27.7 Å². The number of hydrogen-bond acceptors (Lipinski definition) is 3. The Morgan fingerprint density at radius 1 is 0.969 bits per heavy atom. The van der Waals surface area contributed by atoms with Crippen molar-refractivity contribution in [2.24, 2.45) is 0 Å². The average Bonchev–Trinajstić information content (AvgIpc) is 3.17. The lowest BCUT2D eigenvalue weighted by Crippen LogP contribution is -2.47. The van der Waals surface area contributed by atoms with E-state index in [0.717, 1.165) is 18.2 Å². The summed E-state index contributed by atoms with van der Waals surface area (Å²) in [6.07, 6.45) is -3.77. The molecule has 1 heterocycles. The molecule has 4 rings (SSSR count). The summed E-state index contributed by atoms with van der Waals surface area (Å²) in [5, 5.41) is 15.1. The van der Waals surface area contributed by atoms with Crippen molar-refractivity contribution >= 4 is 10.9 Å². The summed E-state index contributed by atoms with van der Waals surface area (Å²) in [4.78, 5) is 0. The van der Waals surface area contributed by atoms with E-state index in [1.165, 1.54) is 53.3 Å². The highest BCUT2D eigenvalue weighted by atomic mass is 19.4. The molecule has 1 atom stereocenters. The third-order valence-electron chi connectivity index (χ3n) is 5.11. The molecule has 1 unspecified atom stereocenters. The second kappa shape index (κ2) is 7.90. The summed E-state index contributed by atoms with van der Waals surface area (Å²) < 4.78 is 75.3. The van der Waals surface area contributed by atoms with Crippen molar-refractivity contribution in [3.8, 4) is 11.4 Å². The minimum absolute atomic E-state index is 0.316. The molecule has 0 bridgehead atoms. The molecule has 0 amide bonds. The number of hydrogen-bond donors (Lipinski definition) is 1. The minimum atomic E-state index is -5.10. The van der Waals surface area contributed by atoms with Crippen LogP contribution >= 0.6 is 0 Å². The van der Waals surface area contributed by atoms with E-state index in [4.69, 9.17) is 4.74 Å². The van der Waals surface area contributed by atoms with E-state index >= 15 is 0 Å². The number of rotatable bonds is 5. The number of aryl methyl sites for hydroxylation is 1. The summed E-state index contributed by atoms with van der Waals surface area (Å²) in [5.41, 5.74) is -2.32. The van der Waals surface area contributed by atoms with Gasteiger partial charge in [-0.1, -0.05) is 12.1 Å². The number of ether oxygens (including phenoxy) is 1. The van der Waals surface area contributed by atoms with Gasteiger partial charge in [0.25, 0.3) is 0 Å². The number of aliphatic hydroxyl groups is 1. The SMILES string of the molecule is Cc1ccc(F)c(OCC(O)(c2ccc3c(cnn3-c3ccc(F)cc3)c2)C(F)(F)F)c1. The number of fused-ring (bicyclic) bond motifs is 1. The van der Waals surface area contributed by atoms with Crippen molar-refractivity contribution in [2.75, 3.05) is 6.61 Å². The first kappa shape index (κ1) is 21.8. The van der Waals surface area contributed by atoms with Crippen molar-refractivity contribution in [3.05, 3.63) is 89.6 Å². The lowest BCUT2D eigenvalue weighted by Gasteiger charge is -2.31. The van der Waals surface area contributed by atoms with Crippen LogP contribution in [0.3, 0.4) is 0 Å². The lowest BCUT2D eigenvalue weighted by molar-refractivity contribution is -0.275. The summed E-state index contributed by atoms with van der Waals surface area (Å²) in [7, 11) is 0. The molecule has 166 valence electrons.